The second-order valence-electron chi connectivity index (χ2n) is 4.36. The van der Waals surface area contributed by atoms with Crippen LogP contribution in [0.5, 0.6) is 0 Å². The van der Waals surface area contributed by atoms with Crippen LogP contribution in [0.4, 0.5) is 0 Å². The highest BCUT2D eigenvalue weighted by Crippen LogP contribution is 2.40. The summed E-state index contributed by atoms with van der Waals surface area (Å²) >= 11 is 14.4. The standard InChI is InChI=1S/C14H8N2S4/c17-13-9-10(12(16-13)8-4-2-6-20-8)14(18)15-11(9)7-3-1-5-19-7/h1-6H,(H,15,18)(H,16,17). The van der Waals surface area contributed by atoms with Crippen LogP contribution in [0.25, 0.3) is 11.4 Å². The van der Waals surface area contributed by atoms with Crippen molar-refractivity contribution in [2.45, 2.75) is 0 Å². The third kappa shape index (κ3) is 1.73. The van der Waals surface area contributed by atoms with Gasteiger partial charge in [-0.25, -0.2) is 0 Å². The molecule has 4 heterocycles. The molecule has 0 bridgehead atoms. The Kier molecular flexibility index (Phi) is 2.85. The van der Waals surface area contributed by atoms with E-state index in [1.54, 1.807) is 22.7 Å². The molecule has 20 heavy (non-hydrogen) atoms. The summed E-state index contributed by atoms with van der Waals surface area (Å²) in [6.07, 6.45) is 0. The molecule has 0 unspecified atom stereocenters. The second kappa shape index (κ2) is 4.60. The van der Waals surface area contributed by atoms with Gasteiger partial charge < -0.3 is 10.6 Å². The monoisotopic (exact) mass is 332 g/mol. The summed E-state index contributed by atoms with van der Waals surface area (Å²) < 4.78 is 0. The van der Waals surface area contributed by atoms with Gasteiger partial charge in [0.05, 0.1) is 21.1 Å². The van der Waals surface area contributed by atoms with Gasteiger partial charge in [-0.1, -0.05) is 36.6 Å². The number of fused-ring (bicyclic) bond motifs is 1. The van der Waals surface area contributed by atoms with Gasteiger partial charge in [0, 0.05) is 11.1 Å². The maximum Gasteiger partial charge on any atom is 0.114 e. The maximum absolute atomic E-state index is 5.51. The average molecular weight is 332 g/mol. The van der Waals surface area contributed by atoms with E-state index in [1.165, 1.54) is 0 Å². The first-order valence-corrected chi connectivity index (χ1v) is 8.52. The van der Waals surface area contributed by atoms with Crippen LogP contribution < -0.4 is 10.6 Å². The number of hydrogen-bond donors (Lipinski definition) is 2. The molecule has 0 amide bonds. The predicted octanol–water partition coefficient (Wildman–Crippen LogP) is 3.79. The molecule has 0 fully saturated rings. The Bertz CT molecular complexity index is 711. The van der Waals surface area contributed by atoms with Crippen LogP contribution in [0.3, 0.4) is 0 Å². The Hall–Kier alpha value is -1.34. The van der Waals surface area contributed by atoms with E-state index in [1.807, 2.05) is 12.1 Å². The zero-order chi connectivity index (χ0) is 13.7. The van der Waals surface area contributed by atoms with Crippen LogP contribution in [-0.4, -0.2) is 9.98 Å². The Labute approximate surface area is 134 Å². The highest BCUT2D eigenvalue weighted by Gasteiger charge is 2.36. The zero-order valence-electron chi connectivity index (χ0n) is 10.1. The van der Waals surface area contributed by atoms with E-state index in [9.17, 15) is 0 Å². The molecule has 2 aliphatic heterocycles. The molecule has 0 atom stereocenters. The fourth-order valence-corrected chi connectivity index (χ4v) is 4.47. The third-order valence-corrected chi connectivity index (χ3v) is 5.60. The fourth-order valence-electron chi connectivity index (χ4n) is 2.39. The summed E-state index contributed by atoms with van der Waals surface area (Å²) in [6.45, 7) is 0. The van der Waals surface area contributed by atoms with Crippen molar-refractivity contribution in [2.24, 2.45) is 0 Å². The SMILES string of the molecule is S=C1NC(c2cccs2)=C2C(=S)NC(c3cccs3)=C12. The van der Waals surface area contributed by atoms with Crippen molar-refractivity contribution < 1.29 is 0 Å². The summed E-state index contributed by atoms with van der Waals surface area (Å²) in [4.78, 5) is 3.82. The highest BCUT2D eigenvalue weighted by molar-refractivity contribution is 7.81. The van der Waals surface area contributed by atoms with Crippen molar-refractivity contribution in [3.05, 3.63) is 55.9 Å². The molecule has 0 radical (unpaired) electrons. The minimum absolute atomic E-state index is 0.749. The lowest BCUT2D eigenvalue weighted by Gasteiger charge is -2.06. The molecule has 2 aromatic rings. The van der Waals surface area contributed by atoms with Crippen molar-refractivity contribution in [3.8, 4) is 0 Å². The number of thiophene rings is 2. The minimum Gasteiger partial charge on any atom is -0.344 e. The lowest BCUT2D eigenvalue weighted by molar-refractivity contribution is 1.34. The fraction of sp³-hybridized carbons (Fsp3) is 0. The van der Waals surface area contributed by atoms with Crippen LogP contribution in [0.2, 0.25) is 0 Å². The van der Waals surface area contributed by atoms with E-state index >= 15 is 0 Å². The molecular weight excluding hydrogens is 324 g/mol. The quantitative estimate of drug-likeness (QED) is 0.817. The summed E-state index contributed by atoms with van der Waals surface area (Å²) in [6, 6.07) is 8.23. The molecule has 0 saturated heterocycles. The molecule has 98 valence electrons. The van der Waals surface area contributed by atoms with Crippen molar-refractivity contribution in [2.75, 3.05) is 0 Å². The third-order valence-electron chi connectivity index (χ3n) is 3.22. The molecular formula is C14H8N2S4. The van der Waals surface area contributed by atoms with Gasteiger partial charge in [0.25, 0.3) is 0 Å². The molecule has 0 saturated carbocycles. The average Bonchev–Trinajstić information content (AvgIpc) is 3.17. The second-order valence-corrected chi connectivity index (χ2v) is 7.07. The van der Waals surface area contributed by atoms with Gasteiger partial charge in [0.1, 0.15) is 9.98 Å². The lowest BCUT2D eigenvalue weighted by Crippen LogP contribution is -2.18. The first-order chi connectivity index (χ1) is 9.75. The Morgan fingerprint density at radius 2 is 1.20 bits per heavy atom. The molecule has 2 aromatic heterocycles. The smallest absolute Gasteiger partial charge is 0.114 e. The number of rotatable bonds is 2. The Morgan fingerprint density at radius 3 is 1.55 bits per heavy atom. The van der Waals surface area contributed by atoms with Crippen LogP contribution in [0, 0.1) is 0 Å². The van der Waals surface area contributed by atoms with E-state index < -0.39 is 0 Å². The molecule has 6 heteroatoms. The zero-order valence-corrected chi connectivity index (χ0v) is 13.4. The Morgan fingerprint density at radius 1 is 0.750 bits per heavy atom. The first kappa shape index (κ1) is 12.4. The number of thiocarbonyl (C=S) groups is 2. The summed E-state index contributed by atoms with van der Waals surface area (Å²) in [5.41, 5.74) is 4.14. The molecule has 2 aliphatic rings. The lowest BCUT2D eigenvalue weighted by atomic mass is 10.1. The van der Waals surface area contributed by atoms with E-state index in [-0.39, 0.29) is 0 Å². The topological polar surface area (TPSA) is 24.1 Å². The van der Waals surface area contributed by atoms with E-state index in [0.29, 0.717) is 0 Å². The molecule has 0 spiro atoms. The van der Waals surface area contributed by atoms with Crippen molar-refractivity contribution in [1.82, 2.24) is 10.6 Å². The Balaban J connectivity index is 1.95. The first-order valence-electron chi connectivity index (χ1n) is 5.95. The summed E-state index contributed by atoms with van der Waals surface area (Å²) in [5.74, 6) is 0. The highest BCUT2D eigenvalue weighted by atomic mass is 32.1. The number of hydrogen-bond acceptors (Lipinski definition) is 4. The van der Waals surface area contributed by atoms with Gasteiger partial charge in [-0.3, -0.25) is 0 Å². The van der Waals surface area contributed by atoms with Gasteiger partial charge in [0.15, 0.2) is 0 Å². The normalized spacial score (nSPS) is 17.6. The van der Waals surface area contributed by atoms with Crippen molar-refractivity contribution in [3.63, 3.8) is 0 Å². The number of nitrogens with one attached hydrogen (secondary N) is 2. The van der Waals surface area contributed by atoms with Gasteiger partial charge in [-0.05, 0) is 22.9 Å². The van der Waals surface area contributed by atoms with Crippen molar-refractivity contribution >= 4 is 68.5 Å². The van der Waals surface area contributed by atoms with Crippen LogP contribution >= 0.6 is 47.1 Å². The summed E-state index contributed by atoms with van der Waals surface area (Å²) in [5, 5.41) is 10.8. The van der Waals surface area contributed by atoms with Crippen LogP contribution in [0.15, 0.2) is 46.2 Å². The molecule has 0 aromatic carbocycles. The molecule has 2 nitrogen and oxygen atoms in total. The van der Waals surface area contributed by atoms with Crippen LogP contribution in [-0.2, 0) is 0 Å². The van der Waals surface area contributed by atoms with Gasteiger partial charge >= 0.3 is 0 Å². The maximum atomic E-state index is 5.51. The van der Waals surface area contributed by atoms with E-state index in [2.05, 4.69) is 33.5 Å². The largest absolute Gasteiger partial charge is 0.344 e. The summed E-state index contributed by atoms with van der Waals surface area (Å²) in [7, 11) is 0. The van der Waals surface area contributed by atoms with Crippen molar-refractivity contribution in [1.29, 1.82) is 0 Å². The van der Waals surface area contributed by atoms with E-state index in [0.717, 1.165) is 42.3 Å². The minimum atomic E-state index is 0.749. The van der Waals surface area contributed by atoms with Gasteiger partial charge in [0.2, 0.25) is 0 Å². The molecule has 0 aliphatic carbocycles. The predicted molar refractivity (Wildman–Crippen MR) is 93.9 cm³/mol. The van der Waals surface area contributed by atoms with Gasteiger partial charge in [-0.15, -0.1) is 22.7 Å². The van der Waals surface area contributed by atoms with Crippen LogP contribution in [0.1, 0.15) is 9.75 Å². The van der Waals surface area contributed by atoms with E-state index in [4.69, 9.17) is 24.4 Å². The molecule has 2 N–H and O–H groups in total. The molecule has 4 rings (SSSR count). The van der Waals surface area contributed by atoms with Gasteiger partial charge in [-0.2, -0.15) is 0 Å².